The van der Waals surface area contributed by atoms with Crippen molar-refractivity contribution in [2.24, 2.45) is 0 Å². The summed E-state index contributed by atoms with van der Waals surface area (Å²) >= 11 is 1.61. The number of carbonyl (C=O) groups is 1. The molecule has 1 aromatic carbocycles. The summed E-state index contributed by atoms with van der Waals surface area (Å²) in [4.78, 5) is 19.1. The van der Waals surface area contributed by atoms with Crippen molar-refractivity contribution in [2.75, 3.05) is 19.6 Å². The lowest BCUT2D eigenvalue weighted by molar-refractivity contribution is 0.0951. The zero-order valence-electron chi connectivity index (χ0n) is 13.3. The molecule has 5 nitrogen and oxygen atoms in total. The summed E-state index contributed by atoms with van der Waals surface area (Å²) in [5.74, 6) is -0.0573. The van der Waals surface area contributed by atoms with Crippen LogP contribution in [0.2, 0.25) is 0 Å². The second-order valence-electron chi connectivity index (χ2n) is 5.80. The molecule has 0 bridgehead atoms. The Morgan fingerprint density at radius 1 is 1.43 bits per heavy atom. The second-order valence-corrected chi connectivity index (χ2v) is 6.75. The lowest BCUT2D eigenvalue weighted by atomic mass is 10.2. The van der Waals surface area contributed by atoms with Gasteiger partial charge in [0.05, 0.1) is 12.2 Å². The zero-order chi connectivity index (χ0) is 16.1. The summed E-state index contributed by atoms with van der Waals surface area (Å²) < 4.78 is 0. The molecule has 23 heavy (non-hydrogen) atoms. The van der Waals surface area contributed by atoms with Crippen LogP contribution in [0.1, 0.15) is 28.0 Å². The van der Waals surface area contributed by atoms with Crippen molar-refractivity contribution in [3.63, 3.8) is 0 Å². The van der Waals surface area contributed by atoms with E-state index in [-0.39, 0.29) is 5.91 Å². The second kappa shape index (κ2) is 7.68. The van der Waals surface area contributed by atoms with E-state index in [0.29, 0.717) is 18.2 Å². The Bertz CT molecular complexity index is 643. The normalized spacial score (nSPS) is 18.7. The van der Waals surface area contributed by atoms with Crippen LogP contribution in [-0.2, 0) is 13.1 Å². The van der Waals surface area contributed by atoms with E-state index in [9.17, 15) is 4.79 Å². The van der Waals surface area contributed by atoms with Crippen LogP contribution >= 0.6 is 11.3 Å². The van der Waals surface area contributed by atoms with E-state index in [0.717, 1.165) is 36.9 Å². The molecule has 1 aliphatic heterocycles. The van der Waals surface area contributed by atoms with Gasteiger partial charge >= 0.3 is 0 Å². The summed E-state index contributed by atoms with van der Waals surface area (Å²) in [5, 5.41) is 9.37. The number of thiazole rings is 1. The molecule has 0 spiro atoms. The molecule has 1 amide bonds. The van der Waals surface area contributed by atoms with Crippen LogP contribution in [0.15, 0.2) is 35.7 Å². The Balaban J connectivity index is 1.52. The third-order valence-corrected chi connectivity index (χ3v) is 4.94. The molecule has 1 aliphatic rings. The molecular weight excluding hydrogens is 308 g/mol. The third-order valence-electron chi connectivity index (χ3n) is 4.04. The minimum absolute atomic E-state index is 0.0573. The molecule has 6 heteroatoms. The molecule has 3 rings (SSSR count). The fraction of sp³-hybridized carbons (Fsp3) is 0.412. The Hall–Kier alpha value is -1.76. The highest BCUT2D eigenvalue weighted by Crippen LogP contribution is 2.14. The fourth-order valence-electron chi connectivity index (χ4n) is 2.68. The van der Waals surface area contributed by atoms with Crippen LogP contribution in [-0.4, -0.2) is 41.5 Å². The van der Waals surface area contributed by atoms with Crippen molar-refractivity contribution in [3.05, 3.63) is 52.0 Å². The molecule has 122 valence electrons. The van der Waals surface area contributed by atoms with Crippen molar-refractivity contribution >= 4 is 17.2 Å². The van der Waals surface area contributed by atoms with Gasteiger partial charge in [0.2, 0.25) is 0 Å². The van der Waals surface area contributed by atoms with Crippen LogP contribution in [0.25, 0.3) is 0 Å². The number of benzene rings is 1. The minimum atomic E-state index is -0.0573. The maximum absolute atomic E-state index is 12.0. The molecular formula is C17H22N4OS. The first-order valence-corrected chi connectivity index (χ1v) is 8.81. The number of hydrogen-bond acceptors (Lipinski definition) is 5. The molecule has 2 aromatic rings. The van der Waals surface area contributed by atoms with Gasteiger partial charge in [0.25, 0.3) is 5.91 Å². The van der Waals surface area contributed by atoms with E-state index in [1.807, 2.05) is 30.3 Å². The molecule has 2 heterocycles. The fourth-order valence-corrected chi connectivity index (χ4v) is 3.40. The highest BCUT2D eigenvalue weighted by Gasteiger charge is 2.18. The van der Waals surface area contributed by atoms with Crippen LogP contribution in [0.4, 0.5) is 0 Å². The topological polar surface area (TPSA) is 57.3 Å². The Morgan fingerprint density at radius 3 is 3.04 bits per heavy atom. The Labute approximate surface area is 140 Å². The highest BCUT2D eigenvalue weighted by molar-refractivity contribution is 7.09. The average molecular weight is 330 g/mol. The summed E-state index contributed by atoms with van der Waals surface area (Å²) in [6, 6.07) is 9.80. The Kier molecular flexibility index (Phi) is 5.38. The van der Waals surface area contributed by atoms with Crippen LogP contribution < -0.4 is 10.6 Å². The quantitative estimate of drug-likeness (QED) is 0.879. The smallest absolute Gasteiger partial charge is 0.251 e. The number of nitrogens with one attached hydrogen (secondary N) is 2. The number of carbonyl (C=O) groups excluding carboxylic acids is 1. The van der Waals surface area contributed by atoms with Crippen molar-refractivity contribution in [1.29, 1.82) is 0 Å². The number of amides is 1. The van der Waals surface area contributed by atoms with Crippen LogP contribution in [0, 0.1) is 0 Å². The molecule has 1 aromatic heterocycles. The highest BCUT2D eigenvalue weighted by atomic mass is 32.1. The minimum Gasteiger partial charge on any atom is -0.346 e. The summed E-state index contributed by atoms with van der Waals surface area (Å²) in [7, 11) is 0. The molecule has 2 N–H and O–H groups in total. The van der Waals surface area contributed by atoms with Gasteiger partial charge in [0.15, 0.2) is 0 Å². The first-order chi connectivity index (χ1) is 11.2. The number of hydrogen-bond donors (Lipinski definition) is 2. The van der Waals surface area contributed by atoms with Gasteiger partial charge in [-0.2, -0.15) is 0 Å². The van der Waals surface area contributed by atoms with Gasteiger partial charge < -0.3 is 10.6 Å². The zero-order valence-corrected chi connectivity index (χ0v) is 14.1. The van der Waals surface area contributed by atoms with Gasteiger partial charge in [-0.1, -0.05) is 18.2 Å². The molecule has 1 atom stereocenters. The van der Waals surface area contributed by atoms with E-state index < -0.39 is 0 Å². The monoisotopic (exact) mass is 330 g/mol. The van der Waals surface area contributed by atoms with E-state index in [1.54, 1.807) is 11.3 Å². The van der Waals surface area contributed by atoms with Crippen LogP contribution in [0.5, 0.6) is 0 Å². The van der Waals surface area contributed by atoms with Crippen molar-refractivity contribution in [2.45, 2.75) is 26.1 Å². The lowest BCUT2D eigenvalue weighted by Gasteiger charge is -2.33. The first-order valence-electron chi connectivity index (χ1n) is 7.93. The van der Waals surface area contributed by atoms with Gasteiger partial charge in [0, 0.05) is 43.2 Å². The number of rotatable bonds is 5. The number of nitrogens with zero attached hydrogens (tertiary/aromatic N) is 2. The molecule has 1 saturated heterocycles. The van der Waals surface area contributed by atoms with Crippen molar-refractivity contribution < 1.29 is 4.79 Å². The average Bonchev–Trinajstić information content (AvgIpc) is 3.03. The molecule has 0 saturated carbocycles. The third kappa shape index (κ3) is 4.37. The SMILES string of the molecule is C[C@H]1CNCCN1Cc1csc(CNC(=O)c2ccccc2)n1. The van der Waals surface area contributed by atoms with Crippen molar-refractivity contribution in [3.8, 4) is 0 Å². The summed E-state index contributed by atoms with van der Waals surface area (Å²) in [5.41, 5.74) is 1.77. The Morgan fingerprint density at radius 2 is 2.26 bits per heavy atom. The molecule has 0 radical (unpaired) electrons. The maximum Gasteiger partial charge on any atom is 0.251 e. The summed E-state index contributed by atoms with van der Waals surface area (Å²) in [6.45, 7) is 6.72. The van der Waals surface area contributed by atoms with Gasteiger partial charge in [-0.3, -0.25) is 9.69 Å². The van der Waals surface area contributed by atoms with E-state index in [1.165, 1.54) is 0 Å². The van der Waals surface area contributed by atoms with E-state index >= 15 is 0 Å². The lowest BCUT2D eigenvalue weighted by Crippen LogP contribution is -2.49. The predicted octanol–water partition coefficient (Wildman–Crippen LogP) is 1.87. The maximum atomic E-state index is 12.0. The molecule has 1 fully saturated rings. The number of piperazine rings is 1. The van der Waals surface area contributed by atoms with Gasteiger partial charge in [-0.25, -0.2) is 4.98 Å². The van der Waals surface area contributed by atoms with Gasteiger partial charge in [0.1, 0.15) is 5.01 Å². The summed E-state index contributed by atoms with van der Waals surface area (Å²) in [6.07, 6.45) is 0. The van der Waals surface area contributed by atoms with Gasteiger partial charge in [-0.05, 0) is 19.1 Å². The first kappa shape index (κ1) is 16.1. The van der Waals surface area contributed by atoms with Crippen molar-refractivity contribution in [1.82, 2.24) is 20.5 Å². The van der Waals surface area contributed by atoms with E-state index in [2.05, 4.69) is 32.8 Å². The number of aromatic nitrogens is 1. The standard InChI is InChI=1S/C17H22N4OS/c1-13-9-18-7-8-21(13)11-15-12-23-16(20-15)10-19-17(22)14-5-3-2-4-6-14/h2-6,12-13,18H,7-11H2,1H3,(H,19,22)/t13-/m0/s1. The van der Waals surface area contributed by atoms with E-state index in [4.69, 9.17) is 0 Å². The van der Waals surface area contributed by atoms with Gasteiger partial charge in [-0.15, -0.1) is 11.3 Å². The predicted molar refractivity (Wildman–Crippen MR) is 92.5 cm³/mol. The largest absolute Gasteiger partial charge is 0.346 e. The van der Waals surface area contributed by atoms with Crippen LogP contribution in [0.3, 0.4) is 0 Å². The molecule has 0 unspecified atom stereocenters. The molecule has 0 aliphatic carbocycles.